The van der Waals surface area contributed by atoms with Crippen molar-refractivity contribution < 1.29 is 0 Å². The lowest BCUT2D eigenvalue weighted by molar-refractivity contribution is 0.608. The molecule has 2 fully saturated rings. The van der Waals surface area contributed by atoms with Gasteiger partial charge in [-0.3, -0.25) is 0 Å². The van der Waals surface area contributed by atoms with Crippen LogP contribution in [0.1, 0.15) is 6.42 Å². The van der Waals surface area contributed by atoms with Gasteiger partial charge in [-0.1, -0.05) is 0 Å². The van der Waals surface area contributed by atoms with E-state index >= 15 is 0 Å². The first-order valence-electron chi connectivity index (χ1n) is 3.37. The van der Waals surface area contributed by atoms with E-state index in [0.29, 0.717) is 0 Å². The minimum Gasteiger partial charge on any atom is -0.330 e. The molecule has 2 nitrogen and oxygen atoms in total. The summed E-state index contributed by atoms with van der Waals surface area (Å²) in [4.78, 5) is 0. The average Bonchev–Trinajstić information content (AvgIpc) is 2.22. The first-order valence-corrected chi connectivity index (χ1v) is 3.37. The number of hydrogen-bond donors (Lipinski definition) is 2. The number of fused-ring (bicyclic) bond motifs is 1. The molecular formula is C6H12N2. The second kappa shape index (κ2) is 1.45. The first kappa shape index (κ1) is 4.77. The Kier molecular flexibility index (Phi) is 0.866. The number of piperidine rings is 1. The van der Waals surface area contributed by atoms with Gasteiger partial charge in [0, 0.05) is 6.04 Å². The van der Waals surface area contributed by atoms with Gasteiger partial charge in [0.05, 0.1) is 0 Å². The van der Waals surface area contributed by atoms with Crippen molar-refractivity contribution >= 4 is 0 Å². The van der Waals surface area contributed by atoms with E-state index in [1.54, 1.807) is 0 Å². The molecule has 3 N–H and O–H groups in total. The maximum Gasteiger partial charge on any atom is 0.0143 e. The van der Waals surface area contributed by atoms with Crippen LogP contribution in [0.15, 0.2) is 0 Å². The highest BCUT2D eigenvalue weighted by Crippen LogP contribution is 2.44. The van der Waals surface area contributed by atoms with Gasteiger partial charge in [-0.05, 0) is 31.3 Å². The summed E-state index contributed by atoms with van der Waals surface area (Å²) in [6, 6.07) is 0.819. The fourth-order valence-electron chi connectivity index (χ4n) is 1.88. The number of hydrogen-bond acceptors (Lipinski definition) is 2. The van der Waals surface area contributed by atoms with Crippen molar-refractivity contribution in [3.8, 4) is 0 Å². The molecule has 2 rings (SSSR count). The molecule has 0 aromatic rings. The van der Waals surface area contributed by atoms with Crippen LogP contribution >= 0.6 is 0 Å². The Morgan fingerprint density at radius 3 is 2.88 bits per heavy atom. The van der Waals surface area contributed by atoms with Crippen molar-refractivity contribution in [1.82, 2.24) is 5.32 Å². The standard InChI is InChI=1S/C6H12N2/c7-3-5-4-1-2-8-6(4)5/h4-6,8H,1-3,7H2/t4-,5?,6-/m1/s1. The van der Waals surface area contributed by atoms with E-state index < -0.39 is 0 Å². The second-order valence-corrected chi connectivity index (χ2v) is 2.83. The molecule has 46 valence electrons. The Bertz CT molecular complexity index is 85.9. The van der Waals surface area contributed by atoms with Crippen LogP contribution in [-0.2, 0) is 0 Å². The third-order valence-corrected chi connectivity index (χ3v) is 2.46. The van der Waals surface area contributed by atoms with Gasteiger partial charge in [0.15, 0.2) is 0 Å². The monoisotopic (exact) mass is 112 g/mol. The highest BCUT2D eigenvalue weighted by molar-refractivity contribution is 5.07. The molecular weight excluding hydrogens is 100 g/mol. The summed E-state index contributed by atoms with van der Waals surface area (Å²) in [5.74, 6) is 1.80. The summed E-state index contributed by atoms with van der Waals surface area (Å²) in [5, 5.41) is 3.41. The van der Waals surface area contributed by atoms with Crippen molar-refractivity contribution in [2.24, 2.45) is 17.6 Å². The van der Waals surface area contributed by atoms with Crippen LogP contribution in [0.5, 0.6) is 0 Å². The predicted octanol–water partition coefficient (Wildman–Crippen LogP) is -0.447. The van der Waals surface area contributed by atoms with Crippen LogP contribution in [-0.4, -0.2) is 19.1 Å². The molecule has 0 amide bonds. The zero-order valence-electron chi connectivity index (χ0n) is 4.93. The third-order valence-electron chi connectivity index (χ3n) is 2.46. The lowest BCUT2D eigenvalue weighted by atomic mass is 10.2. The topological polar surface area (TPSA) is 38.0 Å². The summed E-state index contributed by atoms with van der Waals surface area (Å²) in [6.45, 7) is 2.12. The van der Waals surface area contributed by atoms with Crippen LogP contribution < -0.4 is 11.1 Å². The molecule has 0 spiro atoms. The third kappa shape index (κ3) is 0.446. The molecule has 0 aromatic carbocycles. The smallest absolute Gasteiger partial charge is 0.0143 e. The van der Waals surface area contributed by atoms with Crippen molar-refractivity contribution in [1.29, 1.82) is 0 Å². The molecule has 1 unspecified atom stereocenters. The van der Waals surface area contributed by atoms with Gasteiger partial charge < -0.3 is 11.1 Å². The predicted molar refractivity (Wildman–Crippen MR) is 32.4 cm³/mol. The van der Waals surface area contributed by atoms with Crippen molar-refractivity contribution in [3.63, 3.8) is 0 Å². The van der Waals surface area contributed by atoms with Gasteiger partial charge in [0.25, 0.3) is 0 Å². The van der Waals surface area contributed by atoms with Crippen LogP contribution in [0.2, 0.25) is 0 Å². The molecule has 2 aliphatic rings. The Morgan fingerprint density at radius 2 is 2.50 bits per heavy atom. The summed E-state index contributed by atoms with van der Waals surface area (Å²) >= 11 is 0. The molecule has 8 heavy (non-hydrogen) atoms. The Labute approximate surface area is 49.4 Å². The summed E-state index contributed by atoms with van der Waals surface area (Å²) in [7, 11) is 0. The van der Waals surface area contributed by atoms with Crippen molar-refractivity contribution in [2.75, 3.05) is 13.1 Å². The van der Waals surface area contributed by atoms with E-state index in [1.165, 1.54) is 13.0 Å². The number of nitrogens with one attached hydrogen (secondary N) is 1. The van der Waals surface area contributed by atoms with Gasteiger partial charge >= 0.3 is 0 Å². The van der Waals surface area contributed by atoms with E-state index in [4.69, 9.17) is 5.73 Å². The number of nitrogens with two attached hydrogens (primary N) is 1. The van der Waals surface area contributed by atoms with Gasteiger partial charge in [-0.15, -0.1) is 0 Å². The van der Waals surface area contributed by atoms with Crippen LogP contribution in [0.25, 0.3) is 0 Å². The average molecular weight is 112 g/mol. The molecule has 1 aliphatic carbocycles. The van der Waals surface area contributed by atoms with Crippen LogP contribution in [0, 0.1) is 11.8 Å². The van der Waals surface area contributed by atoms with E-state index in [-0.39, 0.29) is 0 Å². The summed E-state index contributed by atoms with van der Waals surface area (Å²) in [5.41, 5.74) is 5.48. The normalized spacial score (nSPS) is 51.4. The molecule has 0 bridgehead atoms. The van der Waals surface area contributed by atoms with E-state index in [1.807, 2.05) is 0 Å². The molecule has 0 radical (unpaired) electrons. The minimum atomic E-state index is 0.819. The molecule has 0 aromatic heterocycles. The highest BCUT2D eigenvalue weighted by atomic mass is 15.0. The Hall–Kier alpha value is -0.0800. The van der Waals surface area contributed by atoms with E-state index in [9.17, 15) is 0 Å². The fraction of sp³-hybridized carbons (Fsp3) is 1.00. The van der Waals surface area contributed by atoms with Crippen LogP contribution in [0.4, 0.5) is 0 Å². The highest BCUT2D eigenvalue weighted by Gasteiger charge is 2.51. The molecule has 1 heterocycles. The first-order chi connectivity index (χ1) is 3.93. The molecule has 3 atom stereocenters. The SMILES string of the molecule is NCC1[C@H]2CCN[C@@H]12. The summed E-state index contributed by atoms with van der Waals surface area (Å²) in [6.07, 6.45) is 1.37. The Balaban J connectivity index is 1.94. The molecule has 1 saturated carbocycles. The number of rotatable bonds is 1. The van der Waals surface area contributed by atoms with Crippen molar-refractivity contribution in [2.45, 2.75) is 12.5 Å². The molecule has 2 heteroatoms. The lowest BCUT2D eigenvalue weighted by Crippen LogP contribution is -2.19. The van der Waals surface area contributed by atoms with Gasteiger partial charge in [-0.2, -0.15) is 0 Å². The quantitative estimate of drug-likeness (QED) is 0.482. The second-order valence-electron chi connectivity index (χ2n) is 2.83. The largest absolute Gasteiger partial charge is 0.330 e. The fourth-order valence-corrected chi connectivity index (χ4v) is 1.88. The van der Waals surface area contributed by atoms with E-state index in [0.717, 1.165) is 24.4 Å². The van der Waals surface area contributed by atoms with Gasteiger partial charge in [0.2, 0.25) is 0 Å². The zero-order chi connectivity index (χ0) is 5.56. The lowest BCUT2D eigenvalue weighted by Gasteiger charge is -1.97. The van der Waals surface area contributed by atoms with E-state index in [2.05, 4.69) is 5.32 Å². The molecule has 1 aliphatic heterocycles. The minimum absolute atomic E-state index is 0.819. The maximum absolute atomic E-state index is 5.48. The van der Waals surface area contributed by atoms with Gasteiger partial charge in [0.1, 0.15) is 0 Å². The maximum atomic E-state index is 5.48. The van der Waals surface area contributed by atoms with Crippen LogP contribution in [0.3, 0.4) is 0 Å². The summed E-state index contributed by atoms with van der Waals surface area (Å²) < 4.78 is 0. The van der Waals surface area contributed by atoms with Crippen molar-refractivity contribution in [3.05, 3.63) is 0 Å². The molecule has 1 saturated heterocycles. The Morgan fingerprint density at radius 1 is 1.62 bits per heavy atom. The zero-order valence-corrected chi connectivity index (χ0v) is 4.93. The van der Waals surface area contributed by atoms with Gasteiger partial charge in [-0.25, -0.2) is 0 Å².